The van der Waals surface area contributed by atoms with Crippen LogP contribution in [0.15, 0.2) is 24.3 Å². The number of aliphatic hydroxyl groups is 2. The van der Waals surface area contributed by atoms with Gasteiger partial charge in [0.05, 0.1) is 35.2 Å². The third-order valence-electron chi connectivity index (χ3n) is 3.68. The van der Waals surface area contributed by atoms with Crippen molar-refractivity contribution in [1.29, 1.82) is 0 Å². The number of hydrogen-bond acceptors (Lipinski definition) is 7. The normalized spacial score (nSPS) is 23.8. The van der Waals surface area contributed by atoms with Gasteiger partial charge in [-0.15, -0.1) is 0 Å². The van der Waals surface area contributed by atoms with E-state index < -0.39 is 26.9 Å². The first kappa shape index (κ1) is 16.8. The van der Waals surface area contributed by atoms with Crippen LogP contribution >= 0.6 is 0 Å². The Morgan fingerprint density at radius 1 is 1.27 bits per heavy atom. The second kappa shape index (κ2) is 6.69. The lowest BCUT2D eigenvalue weighted by atomic mass is 10.1. The van der Waals surface area contributed by atoms with Gasteiger partial charge in [-0.3, -0.25) is 15.0 Å². The van der Waals surface area contributed by atoms with Crippen LogP contribution in [0.1, 0.15) is 5.56 Å². The van der Waals surface area contributed by atoms with Crippen molar-refractivity contribution in [3.8, 4) is 0 Å². The van der Waals surface area contributed by atoms with Gasteiger partial charge in [0.1, 0.15) is 0 Å². The summed E-state index contributed by atoms with van der Waals surface area (Å²) in [5, 5.41) is 29.7. The zero-order valence-corrected chi connectivity index (χ0v) is 12.6. The molecule has 8 nitrogen and oxygen atoms in total. The molecule has 1 aromatic rings. The van der Waals surface area contributed by atoms with Crippen LogP contribution in [0.3, 0.4) is 0 Å². The summed E-state index contributed by atoms with van der Waals surface area (Å²) in [5.74, 6) is -0.430. The van der Waals surface area contributed by atoms with Crippen LogP contribution in [-0.4, -0.2) is 65.3 Å². The quantitative estimate of drug-likeness (QED) is 0.535. The highest BCUT2D eigenvalue weighted by Crippen LogP contribution is 2.21. The number of hydrogen-bond donors (Lipinski definition) is 2. The summed E-state index contributed by atoms with van der Waals surface area (Å²) in [6, 6.07) is 5.33. The summed E-state index contributed by atoms with van der Waals surface area (Å²) in [5.41, 5.74) is 0.719. The van der Waals surface area contributed by atoms with Crippen molar-refractivity contribution in [3.63, 3.8) is 0 Å². The SMILES string of the molecule is O=[N+]([O-])c1ccc(CN(CCO)[C@H]2CS(=O)(=O)C[C@H]2O)cc1. The van der Waals surface area contributed by atoms with Gasteiger partial charge >= 0.3 is 0 Å². The molecule has 0 radical (unpaired) electrons. The minimum absolute atomic E-state index is 0.0269. The predicted molar refractivity (Wildman–Crippen MR) is 79.0 cm³/mol. The number of benzene rings is 1. The Kier molecular flexibility index (Phi) is 5.12. The van der Waals surface area contributed by atoms with Gasteiger partial charge in [0.2, 0.25) is 0 Å². The Labute approximate surface area is 128 Å². The van der Waals surface area contributed by atoms with E-state index in [1.165, 1.54) is 12.1 Å². The minimum atomic E-state index is -3.28. The molecule has 0 aliphatic carbocycles. The van der Waals surface area contributed by atoms with Gasteiger partial charge in [-0.1, -0.05) is 12.1 Å². The largest absolute Gasteiger partial charge is 0.395 e. The van der Waals surface area contributed by atoms with E-state index in [0.29, 0.717) is 6.54 Å². The van der Waals surface area contributed by atoms with Crippen molar-refractivity contribution in [2.75, 3.05) is 24.7 Å². The first-order chi connectivity index (χ1) is 10.3. The zero-order valence-electron chi connectivity index (χ0n) is 11.8. The number of nitro groups is 1. The molecule has 0 amide bonds. The number of nitro benzene ring substituents is 1. The lowest BCUT2D eigenvalue weighted by molar-refractivity contribution is -0.384. The Balaban J connectivity index is 2.13. The number of non-ortho nitro benzene ring substituents is 1. The van der Waals surface area contributed by atoms with E-state index in [-0.39, 0.29) is 30.3 Å². The van der Waals surface area contributed by atoms with E-state index in [9.17, 15) is 23.6 Å². The highest BCUT2D eigenvalue weighted by atomic mass is 32.2. The Morgan fingerprint density at radius 2 is 1.91 bits per heavy atom. The molecule has 1 aliphatic rings. The van der Waals surface area contributed by atoms with Crippen LogP contribution in [0.4, 0.5) is 5.69 Å². The Bertz CT molecular complexity index is 630. The highest BCUT2D eigenvalue weighted by molar-refractivity contribution is 7.91. The van der Waals surface area contributed by atoms with Gasteiger partial charge in [-0.05, 0) is 5.56 Å². The number of nitrogens with zero attached hydrogens (tertiary/aromatic N) is 2. The van der Waals surface area contributed by atoms with Crippen molar-refractivity contribution in [2.24, 2.45) is 0 Å². The van der Waals surface area contributed by atoms with Gasteiger partial charge in [-0.2, -0.15) is 0 Å². The fraction of sp³-hybridized carbons (Fsp3) is 0.538. The molecule has 2 rings (SSSR count). The standard InChI is InChI=1S/C13H18N2O6S/c16-6-5-14(12-8-22(20,21)9-13(12)17)7-10-1-3-11(4-2-10)15(18)19/h1-4,12-13,16-17H,5-9H2/t12-,13+/m0/s1. The zero-order chi connectivity index (χ0) is 16.3. The molecule has 0 aromatic heterocycles. The van der Waals surface area contributed by atoms with Crippen LogP contribution < -0.4 is 0 Å². The smallest absolute Gasteiger partial charge is 0.269 e. The summed E-state index contributed by atoms with van der Waals surface area (Å²) in [6.07, 6.45) is -0.991. The molecular formula is C13H18N2O6S. The first-order valence-electron chi connectivity index (χ1n) is 6.79. The van der Waals surface area contributed by atoms with Crippen molar-refractivity contribution < 1.29 is 23.6 Å². The van der Waals surface area contributed by atoms with Crippen molar-refractivity contribution in [2.45, 2.75) is 18.7 Å². The molecule has 22 heavy (non-hydrogen) atoms. The van der Waals surface area contributed by atoms with Crippen molar-refractivity contribution in [1.82, 2.24) is 4.90 Å². The molecule has 1 fully saturated rings. The number of aliphatic hydroxyl groups excluding tert-OH is 2. The van der Waals surface area contributed by atoms with Crippen LogP contribution in [-0.2, 0) is 16.4 Å². The third kappa shape index (κ3) is 4.01. The molecule has 122 valence electrons. The third-order valence-corrected chi connectivity index (χ3v) is 5.38. The van der Waals surface area contributed by atoms with E-state index in [0.717, 1.165) is 5.56 Å². The maximum atomic E-state index is 11.6. The summed E-state index contributed by atoms with van der Waals surface area (Å²) in [4.78, 5) is 11.8. The van der Waals surface area contributed by atoms with Crippen LogP contribution in [0.2, 0.25) is 0 Å². The lowest BCUT2D eigenvalue weighted by Crippen LogP contribution is -2.44. The topological polar surface area (TPSA) is 121 Å². The van der Waals surface area contributed by atoms with Gasteiger partial charge < -0.3 is 10.2 Å². The summed E-state index contributed by atoms with van der Waals surface area (Å²) < 4.78 is 23.2. The molecule has 1 heterocycles. The molecule has 1 aromatic carbocycles. The fourth-order valence-corrected chi connectivity index (χ4v) is 4.44. The molecule has 2 N–H and O–H groups in total. The van der Waals surface area contributed by atoms with E-state index in [2.05, 4.69) is 0 Å². The molecule has 0 saturated carbocycles. The fourth-order valence-electron chi connectivity index (χ4n) is 2.61. The van der Waals surface area contributed by atoms with Crippen molar-refractivity contribution in [3.05, 3.63) is 39.9 Å². The average Bonchev–Trinajstić information content (AvgIpc) is 2.72. The number of rotatable bonds is 6. The van der Waals surface area contributed by atoms with Crippen LogP contribution in [0.25, 0.3) is 0 Å². The van der Waals surface area contributed by atoms with E-state index >= 15 is 0 Å². The Morgan fingerprint density at radius 3 is 2.36 bits per heavy atom. The molecule has 1 saturated heterocycles. The summed E-state index contributed by atoms with van der Waals surface area (Å²) >= 11 is 0. The van der Waals surface area contributed by atoms with Crippen LogP contribution in [0, 0.1) is 10.1 Å². The molecule has 9 heteroatoms. The van der Waals surface area contributed by atoms with Crippen LogP contribution in [0.5, 0.6) is 0 Å². The molecule has 0 spiro atoms. The second-order valence-electron chi connectivity index (χ2n) is 5.33. The summed E-state index contributed by atoms with van der Waals surface area (Å²) in [6.45, 7) is 0.348. The lowest BCUT2D eigenvalue weighted by Gasteiger charge is -2.29. The molecule has 1 aliphatic heterocycles. The van der Waals surface area contributed by atoms with Gasteiger partial charge in [0.15, 0.2) is 9.84 Å². The minimum Gasteiger partial charge on any atom is -0.395 e. The van der Waals surface area contributed by atoms with E-state index in [1.54, 1.807) is 17.0 Å². The number of sulfone groups is 1. The van der Waals surface area contributed by atoms with E-state index in [4.69, 9.17) is 5.11 Å². The highest BCUT2D eigenvalue weighted by Gasteiger charge is 2.39. The average molecular weight is 330 g/mol. The first-order valence-corrected chi connectivity index (χ1v) is 8.61. The monoisotopic (exact) mass is 330 g/mol. The second-order valence-corrected chi connectivity index (χ2v) is 7.48. The molecule has 2 atom stereocenters. The molecule has 0 bridgehead atoms. The van der Waals surface area contributed by atoms with E-state index in [1.807, 2.05) is 0 Å². The maximum Gasteiger partial charge on any atom is 0.269 e. The molecule has 0 unspecified atom stereocenters. The van der Waals surface area contributed by atoms with Crippen molar-refractivity contribution >= 4 is 15.5 Å². The maximum absolute atomic E-state index is 11.6. The summed E-state index contributed by atoms with van der Waals surface area (Å²) in [7, 11) is -3.28. The van der Waals surface area contributed by atoms with Gasteiger partial charge in [-0.25, -0.2) is 8.42 Å². The van der Waals surface area contributed by atoms with Gasteiger partial charge in [0, 0.05) is 25.2 Å². The Hall–Kier alpha value is -1.55. The predicted octanol–water partition coefficient (Wildman–Crippen LogP) is -0.453. The van der Waals surface area contributed by atoms with Gasteiger partial charge in [0.25, 0.3) is 5.69 Å². The molecular weight excluding hydrogens is 312 g/mol.